The summed E-state index contributed by atoms with van der Waals surface area (Å²) in [6, 6.07) is 3.90. The van der Waals surface area contributed by atoms with Crippen LogP contribution in [0.5, 0.6) is 11.5 Å². The highest BCUT2D eigenvalue weighted by Gasteiger charge is 2.18. The first kappa shape index (κ1) is 15.8. The Hall–Kier alpha value is -2.28. The molecule has 0 aliphatic rings. The number of imide groups is 1. The van der Waals surface area contributed by atoms with Gasteiger partial charge in [-0.3, -0.25) is 10.1 Å². The van der Waals surface area contributed by atoms with Gasteiger partial charge >= 0.3 is 6.03 Å². The first-order valence-corrected chi connectivity index (χ1v) is 5.98. The maximum absolute atomic E-state index is 11.5. The van der Waals surface area contributed by atoms with E-state index in [4.69, 9.17) is 15.2 Å². The summed E-state index contributed by atoms with van der Waals surface area (Å²) < 4.78 is 10.5. The van der Waals surface area contributed by atoms with Gasteiger partial charge in [-0.25, -0.2) is 4.79 Å². The maximum atomic E-state index is 11.5. The highest BCUT2D eigenvalue weighted by Crippen LogP contribution is 2.30. The van der Waals surface area contributed by atoms with E-state index < -0.39 is 24.1 Å². The van der Waals surface area contributed by atoms with Crippen LogP contribution in [0, 0.1) is 0 Å². The molecule has 0 fully saturated rings. The molecule has 0 radical (unpaired) electrons. The Morgan fingerprint density at radius 3 is 2.45 bits per heavy atom. The van der Waals surface area contributed by atoms with Gasteiger partial charge in [0.2, 0.25) is 0 Å². The molecule has 0 saturated heterocycles. The van der Waals surface area contributed by atoms with Crippen LogP contribution in [0.2, 0.25) is 0 Å². The second kappa shape index (κ2) is 6.76. The molecule has 1 aromatic carbocycles. The lowest BCUT2D eigenvalue weighted by molar-refractivity contribution is -0.126. The van der Waals surface area contributed by atoms with Crippen LogP contribution in [-0.2, 0) is 4.79 Å². The van der Waals surface area contributed by atoms with Crippen LogP contribution >= 0.6 is 0 Å². The lowest BCUT2D eigenvalue weighted by Crippen LogP contribution is -2.42. The number of methoxy groups -OCH3 is 1. The third kappa shape index (κ3) is 4.13. The van der Waals surface area contributed by atoms with Gasteiger partial charge in [0.25, 0.3) is 5.91 Å². The number of hydrogen-bond donors (Lipinski definition) is 3. The van der Waals surface area contributed by atoms with Crippen LogP contribution in [0.25, 0.3) is 0 Å². The number of urea groups is 1. The van der Waals surface area contributed by atoms with Crippen LogP contribution in [0.4, 0.5) is 4.79 Å². The monoisotopic (exact) mass is 282 g/mol. The maximum Gasteiger partial charge on any atom is 0.318 e. The summed E-state index contributed by atoms with van der Waals surface area (Å²) in [6.45, 7) is 3.10. The third-order valence-electron chi connectivity index (χ3n) is 2.59. The SMILES string of the molecule is COc1cc(C(C)O)ccc1OC(C)C(=O)NC(N)=O. The summed E-state index contributed by atoms with van der Waals surface area (Å²) in [5.74, 6) is 0.0466. The third-order valence-corrected chi connectivity index (χ3v) is 2.59. The van der Waals surface area contributed by atoms with Crippen molar-refractivity contribution in [3.63, 3.8) is 0 Å². The summed E-state index contributed by atoms with van der Waals surface area (Å²) in [7, 11) is 1.45. The molecule has 2 atom stereocenters. The molecule has 0 aliphatic heterocycles. The smallest absolute Gasteiger partial charge is 0.318 e. The molecule has 0 saturated carbocycles. The number of rotatable bonds is 5. The quantitative estimate of drug-likeness (QED) is 0.736. The van der Waals surface area contributed by atoms with E-state index in [2.05, 4.69) is 0 Å². The summed E-state index contributed by atoms with van der Waals surface area (Å²) >= 11 is 0. The minimum absolute atomic E-state index is 0.323. The molecule has 0 aliphatic carbocycles. The van der Waals surface area contributed by atoms with Gasteiger partial charge in [-0.1, -0.05) is 6.07 Å². The predicted molar refractivity (Wildman–Crippen MR) is 71.4 cm³/mol. The van der Waals surface area contributed by atoms with Gasteiger partial charge in [-0.05, 0) is 31.5 Å². The number of aliphatic hydroxyl groups excluding tert-OH is 1. The van der Waals surface area contributed by atoms with Gasteiger partial charge in [-0.15, -0.1) is 0 Å². The number of carbonyl (C=O) groups is 2. The Balaban J connectivity index is 2.86. The number of ether oxygens (including phenoxy) is 2. The van der Waals surface area contributed by atoms with Crippen molar-refractivity contribution >= 4 is 11.9 Å². The summed E-state index contributed by atoms with van der Waals surface area (Å²) in [4.78, 5) is 22.1. The first-order valence-electron chi connectivity index (χ1n) is 5.98. The van der Waals surface area contributed by atoms with Gasteiger partial charge in [-0.2, -0.15) is 0 Å². The van der Waals surface area contributed by atoms with Crippen molar-refractivity contribution in [3.05, 3.63) is 23.8 Å². The van der Waals surface area contributed by atoms with Crippen LogP contribution in [0.3, 0.4) is 0 Å². The number of carbonyl (C=O) groups excluding carboxylic acids is 2. The zero-order valence-corrected chi connectivity index (χ0v) is 11.5. The minimum Gasteiger partial charge on any atom is -0.493 e. The van der Waals surface area contributed by atoms with Gasteiger partial charge in [0.1, 0.15) is 0 Å². The highest BCUT2D eigenvalue weighted by atomic mass is 16.5. The van der Waals surface area contributed by atoms with E-state index in [1.165, 1.54) is 14.0 Å². The van der Waals surface area contributed by atoms with Crippen LogP contribution < -0.4 is 20.5 Å². The van der Waals surface area contributed by atoms with Crippen molar-refractivity contribution in [1.29, 1.82) is 0 Å². The molecule has 110 valence electrons. The Kier molecular flexibility index (Phi) is 5.33. The van der Waals surface area contributed by atoms with Gasteiger partial charge < -0.3 is 20.3 Å². The molecule has 1 rings (SSSR count). The molecule has 0 aromatic heterocycles. The van der Waals surface area contributed by atoms with Crippen molar-refractivity contribution in [3.8, 4) is 11.5 Å². The van der Waals surface area contributed by atoms with Crippen molar-refractivity contribution in [1.82, 2.24) is 5.32 Å². The van der Waals surface area contributed by atoms with E-state index in [1.54, 1.807) is 25.1 Å². The number of nitrogens with two attached hydrogens (primary N) is 1. The minimum atomic E-state index is -0.943. The zero-order chi connectivity index (χ0) is 15.3. The van der Waals surface area contributed by atoms with Crippen LogP contribution in [-0.4, -0.2) is 30.3 Å². The van der Waals surface area contributed by atoms with Gasteiger partial charge in [0.05, 0.1) is 13.2 Å². The molecule has 1 aromatic rings. The average Bonchev–Trinajstić information content (AvgIpc) is 2.37. The second-order valence-corrected chi connectivity index (χ2v) is 4.20. The number of aliphatic hydroxyl groups is 1. The zero-order valence-electron chi connectivity index (χ0n) is 11.5. The van der Waals surface area contributed by atoms with E-state index in [-0.39, 0.29) is 0 Å². The molecule has 0 heterocycles. The molecule has 2 unspecified atom stereocenters. The van der Waals surface area contributed by atoms with Crippen molar-refractivity contribution in [2.45, 2.75) is 26.1 Å². The van der Waals surface area contributed by atoms with E-state index >= 15 is 0 Å². The van der Waals surface area contributed by atoms with Crippen LogP contribution in [0.15, 0.2) is 18.2 Å². The first-order chi connectivity index (χ1) is 9.35. The number of hydrogen-bond acceptors (Lipinski definition) is 5. The fraction of sp³-hybridized carbons (Fsp3) is 0.385. The lowest BCUT2D eigenvalue weighted by Gasteiger charge is -2.17. The fourth-order valence-corrected chi connectivity index (χ4v) is 1.51. The molecule has 20 heavy (non-hydrogen) atoms. The Bertz CT molecular complexity index is 502. The van der Waals surface area contributed by atoms with E-state index in [0.29, 0.717) is 17.1 Å². The summed E-state index contributed by atoms with van der Waals surface area (Å²) in [6.07, 6.45) is -1.57. The molecular weight excluding hydrogens is 264 g/mol. The van der Waals surface area contributed by atoms with Crippen LogP contribution in [0.1, 0.15) is 25.5 Å². The largest absolute Gasteiger partial charge is 0.493 e. The Morgan fingerprint density at radius 1 is 1.30 bits per heavy atom. The molecule has 3 amide bonds. The fourth-order valence-electron chi connectivity index (χ4n) is 1.51. The number of primary amides is 1. The molecule has 4 N–H and O–H groups in total. The standard InChI is InChI=1S/C13H18N2O5/c1-7(16)9-4-5-10(11(6-9)19-3)20-8(2)12(17)15-13(14)18/h4-8,16H,1-3H3,(H3,14,15,17,18). The Labute approximate surface area is 116 Å². The van der Waals surface area contributed by atoms with E-state index in [0.717, 1.165) is 0 Å². The number of nitrogens with one attached hydrogen (secondary N) is 1. The van der Waals surface area contributed by atoms with Gasteiger partial charge in [0.15, 0.2) is 17.6 Å². The molecule has 7 nitrogen and oxygen atoms in total. The van der Waals surface area contributed by atoms with E-state index in [1.807, 2.05) is 5.32 Å². The molecule has 0 bridgehead atoms. The topological polar surface area (TPSA) is 111 Å². The summed E-state index contributed by atoms with van der Waals surface area (Å²) in [5.41, 5.74) is 5.51. The Morgan fingerprint density at radius 2 is 1.95 bits per heavy atom. The highest BCUT2D eigenvalue weighted by molar-refractivity contribution is 5.95. The lowest BCUT2D eigenvalue weighted by atomic mass is 10.1. The van der Waals surface area contributed by atoms with Gasteiger partial charge in [0, 0.05) is 0 Å². The number of benzene rings is 1. The molecular formula is C13H18N2O5. The van der Waals surface area contributed by atoms with Crippen molar-refractivity contribution in [2.24, 2.45) is 5.73 Å². The van der Waals surface area contributed by atoms with Crippen molar-refractivity contribution < 1.29 is 24.2 Å². The average molecular weight is 282 g/mol. The number of amides is 3. The second-order valence-electron chi connectivity index (χ2n) is 4.20. The van der Waals surface area contributed by atoms with Crippen molar-refractivity contribution in [2.75, 3.05) is 7.11 Å². The molecule has 0 spiro atoms. The summed E-state index contributed by atoms with van der Waals surface area (Å²) in [5, 5.41) is 11.4. The molecule has 7 heteroatoms. The predicted octanol–water partition coefficient (Wildman–Crippen LogP) is 0.711. The normalized spacial score (nSPS) is 13.2. The van der Waals surface area contributed by atoms with E-state index in [9.17, 15) is 14.7 Å².